The predicted octanol–water partition coefficient (Wildman–Crippen LogP) is 4.11. The highest BCUT2D eigenvalue weighted by atomic mass is 16.2. The average Bonchev–Trinajstić information content (AvgIpc) is 3.40. The van der Waals surface area contributed by atoms with E-state index in [0.29, 0.717) is 23.7 Å². The predicted molar refractivity (Wildman–Crippen MR) is 99.1 cm³/mol. The Morgan fingerprint density at radius 2 is 1.42 bits per heavy atom. The Balaban J connectivity index is 1.43. The number of amides is 2. The van der Waals surface area contributed by atoms with Gasteiger partial charge in [-0.1, -0.05) is 40.5 Å². The molecule has 6 rings (SSSR count). The molecule has 3 nitrogen and oxygen atoms in total. The van der Waals surface area contributed by atoms with E-state index >= 15 is 0 Å². The molecule has 1 saturated heterocycles. The van der Waals surface area contributed by atoms with Crippen LogP contribution in [-0.4, -0.2) is 11.8 Å². The van der Waals surface area contributed by atoms with Crippen LogP contribution in [0.2, 0.25) is 0 Å². The van der Waals surface area contributed by atoms with Gasteiger partial charge in [-0.15, -0.1) is 0 Å². The number of benzene rings is 1. The van der Waals surface area contributed by atoms with Crippen molar-refractivity contribution in [1.82, 2.24) is 0 Å². The van der Waals surface area contributed by atoms with E-state index in [1.165, 1.54) is 23.3 Å². The smallest absolute Gasteiger partial charge is 0.238 e. The fourth-order valence-corrected chi connectivity index (χ4v) is 7.18. The molecular formula is C23H23NO2. The summed E-state index contributed by atoms with van der Waals surface area (Å²) in [5.74, 6) is 1.66. The molecule has 5 aliphatic rings. The zero-order chi connectivity index (χ0) is 17.7. The minimum absolute atomic E-state index is 0.0479. The van der Waals surface area contributed by atoms with Gasteiger partial charge in [0.05, 0.1) is 17.5 Å². The number of nitrogens with zero attached hydrogens (tertiary/aromatic N) is 1. The van der Waals surface area contributed by atoms with Gasteiger partial charge in [-0.05, 0) is 57.1 Å². The standard InChI is InChI=1S/C23H23NO2/c1-11(2)17-13-8-9-14(17)19-16-10-15(18(13)19)20-21(16)23(26)24(22(20)25)12-6-4-3-5-7-12/h3-7,13-16,20-21H,8-10H2,1-2H3. The number of hydrogen-bond acceptors (Lipinski definition) is 2. The summed E-state index contributed by atoms with van der Waals surface area (Å²) in [4.78, 5) is 28.0. The van der Waals surface area contributed by atoms with Crippen LogP contribution in [0.4, 0.5) is 5.69 Å². The molecule has 0 spiro atoms. The molecule has 6 unspecified atom stereocenters. The number of fused-ring (bicyclic) bond motifs is 11. The third-order valence-electron chi connectivity index (χ3n) is 7.74. The lowest BCUT2D eigenvalue weighted by Crippen LogP contribution is -2.33. The van der Waals surface area contributed by atoms with Crippen molar-refractivity contribution in [3.63, 3.8) is 0 Å². The van der Waals surface area contributed by atoms with Crippen molar-refractivity contribution in [3.05, 3.63) is 52.6 Å². The minimum atomic E-state index is -0.107. The Bertz CT molecular complexity index is 873. The van der Waals surface area contributed by atoms with Gasteiger partial charge < -0.3 is 0 Å². The Morgan fingerprint density at radius 3 is 1.92 bits per heavy atom. The van der Waals surface area contributed by atoms with Gasteiger partial charge in [0.25, 0.3) is 0 Å². The third-order valence-corrected chi connectivity index (χ3v) is 7.74. The quantitative estimate of drug-likeness (QED) is 0.436. The second-order valence-electron chi connectivity index (χ2n) is 8.90. The van der Waals surface area contributed by atoms with Crippen LogP contribution in [0, 0.1) is 35.5 Å². The first-order valence-corrected chi connectivity index (χ1v) is 9.93. The van der Waals surface area contributed by atoms with E-state index in [2.05, 4.69) is 13.8 Å². The van der Waals surface area contributed by atoms with E-state index in [4.69, 9.17) is 0 Å². The van der Waals surface area contributed by atoms with Crippen molar-refractivity contribution >= 4 is 17.5 Å². The van der Waals surface area contributed by atoms with Crippen molar-refractivity contribution < 1.29 is 9.59 Å². The van der Waals surface area contributed by atoms with Gasteiger partial charge in [0.2, 0.25) is 11.8 Å². The first-order valence-electron chi connectivity index (χ1n) is 9.93. The van der Waals surface area contributed by atoms with E-state index in [1.54, 1.807) is 16.7 Å². The summed E-state index contributed by atoms with van der Waals surface area (Å²) in [6.07, 6.45) is 3.54. The SMILES string of the molecule is CC(C)=C1C2CCC1C1=C2C2CC1C1C(=O)N(c3ccccc3)C(=O)C21. The number of carbonyl (C=O) groups excluding carboxylic acids is 2. The normalized spacial score (nSPS) is 39.3. The minimum Gasteiger partial charge on any atom is -0.274 e. The lowest BCUT2D eigenvalue weighted by molar-refractivity contribution is -0.123. The van der Waals surface area contributed by atoms with E-state index in [0.717, 1.165) is 12.1 Å². The van der Waals surface area contributed by atoms with Gasteiger partial charge in [-0.25, -0.2) is 0 Å². The molecule has 0 N–H and O–H groups in total. The summed E-state index contributed by atoms with van der Waals surface area (Å²) in [5, 5.41) is 0. The lowest BCUT2D eigenvalue weighted by atomic mass is 9.72. The molecule has 1 heterocycles. The molecule has 4 aliphatic carbocycles. The summed E-state index contributed by atoms with van der Waals surface area (Å²) in [5.41, 5.74) is 6.99. The highest BCUT2D eigenvalue weighted by molar-refractivity contribution is 6.23. The van der Waals surface area contributed by atoms with E-state index < -0.39 is 0 Å². The Labute approximate surface area is 153 Å². The Morgan fingerprint density at radius 1 is 0.885 bits per heavy atom. The number of carbonyl (C=O) groups is 2. The monoisotopic (exact) mass is 345 g/mol. The topological polar surface area (TPSA) is 37.4 Å². The third kappa shape index (κ3) is 1.53. The van der Waals surface area contributed by atoms with Crippen LogP contribution in [-0.2, 0) is 9.59 Å². The first kappa shape index (κ1) is 15.0. The summed E-state index contributed by atoms with van der Waals surface area (Å²) < 4.78 is 0. The Hall–Kier alpha value is -2.16. The summed E-state index contributed by atoms with van der Waals surface area (Å²) in [6, 6.07) is 9.49. The van der Waals surface area contributed by atoms with Gasteiger partial charge in [-0.2, -0.15) is 0 Å². The Kier molecular flexibility index (Phi) is 2.74. The molecule has 0 radical (unpaired) electrons. The highest BCUT2D eigenvalue weighted by Crippen LogP contribution is 2.70. The molecule has 0 aromatic heterocycles. The molecular weight excluding hydrogens is 322 g/mol. The lowest BCUT2D eigenvalue weighted by Gasteiger charge is -2.29. The van der Waals surface area contributed by atoms with Crippen molar-refractivity contribution in [2.45, 2.75) is 33.1 Å². The van der Waals surface area contributed by atoms with Crippen LogP contribution in [0.3, 0.4) is 0 Å². The fraction of sp³-hybridized carbons (Fsp3) is 0.478. The second-order valence-corrected chi connectivity index (χ2v) is 8.90. The molecule has 1 aromatic carbocycles. The van der Waals surface area contributed by atoms with Gasteiger partial charge in [-0.3, -0.25) is 14.5 Å². The summed E-state index contributed by atoms with van der Waals surface area (Å²) in [6.45, 7) is 4.47. The first-order chi connectivity index (χ1) is 12.6. The molecule has 6 atom stereocenters. The molecule has 1 aromatic rings. The fourth-order valence-electron chi connectivity index (χ4n) is 7.18. The molecule has 2 saturated carbocycles. The molecule has 4 bridgehead atoms. The van der Waals surface area contributed by atoms with Crippen molar-refractivity contribution in [1.29, 1.82) is 0 Å². The number of hydrogen-bond donors (Lipinski definition) is 0. The van der Waals surface area contributed by atoms with Crippen LogP contribution in [0.15, 0.2) is 52.6 Å². The van der Waals surface area contributed by atoms with Gasteiger partial charge in [0, 0.05) is 11.8 Å². The number of para-hydroxylation sites is 1. The van der Waals surface area contributed by atoms with Crippen LogP contribution in [0.1, 0.15) is 33.1 Å². The second kappa shape index (κ2) is 4.76. The number of allylic oxidation sites excluding steroid dienone is 4. The van der Waals surface area contributed by atoms with Crippen LogP contribution in [0.5, 0.6) is 0 Å². The molecule has 2 amide bonds. The van der Waals surface area contributed by atoms with Gasteiger partial charge >= 0.3 is 0 Å². The maximum Gasteiger partial charge on any atom is 0.238 e. The molecule has 132 valence electrons. The molecule has 3 heteroatoms. The summed E-state index contributed by atoms with van der Waals surface area (Å²) >= 11 is 0. The van der Waals surface area contributed by atoms with Crippen LogP contribution < -0.4 is 4.90 Å². The molecule has 26 heavy (non-hydrogen) atoms. The summed E-state index contributed by atoms with van der Waals surface area (Å²) in [7, 11) is 0. The number of imide groups is 1. The van der Waals surface area contributed by atoms with E-state index in [1.807, 2.05) is 30.3 Å². The average molecular weight is 345 g/mol. The largest absolute Gasteiger partial charge is 0.274 e. The van der Waals surface area contributed by atoms with Crippen molar-refractivity contribution in [2.75, 3.05) is 4.90 Å². The maximum absolute atomic E-state index is 13.3. The molecule has 3 fully saturated rings. The van der Waals surface area contributed by atoms with Crippen molar-refractivity contribution in [3.8, 4) is 0 Å². The maximum atomic E-state index is 13.3. The van der Waals surface area contributed by atoms with Crippen molar-refractivity contribution in [2.24, 2.45) is 35.5 Å². The number of rotatable bonds is 1. The zero-order valence-corrected chi connectivity index (χ0v) is 15.2. The molecule has 1 aliphatic heterocycles. The van der Waals surface area contributed by atoms with Gasteiger partial charge in [0.1, 0.15) is 0 Å². The van der Waals surface area contributed by atoms with Crippen LogP contribution >= 0.6 is 0 Å². The zero-order valence-electron chi connectivity index (χ0n) is 15.2. The number of anilines is 1. The van der Waals surface area contributed by atoms with E-state index in [-0.39, 0.29) is 23.7 Å². The van der Waals surface area contributed by atoms with E-state index in [9.17, 15) is 9.59 Å². The van der Waals surface area contributed by atoms with Crippen LogP contribution in [0.25, 0.3) is 0 Å². The highest BCUT2D eigenvalue weighted by Gasteiger charge is 2.67. The van der Waals surface area contributed by atoms with Gasteiger partial charge in [0.15, 0.2) is 0 Å².